The fourth-order valence-corrected chi connectivity index (χ4v) is 2.61. The first-order chi connectivity index (χ1) is 13.7. The van der Waals surface area contributed by atoms with Crippen molar-refractivity contribution < 1.29 is 13.9 Å². The highest BCUT2D eigenvalue weighted by molar-refractivity contribution is 5.91. The van der Waals surface area contributed by atoms with Gasteiger partial charge in [-0.05, 0) is 18.2 Å². The van der Waals surface area contributed by atoms with Crippen LogP contribution in [0.1, 0.15) is 0 Å². The third-order valence-corrected chi connectivity index (χ3v) is 3.93. The van der Waals surface area contributed by atoms with Crippen molar-refractivity contribution in [2.45, 2.75) is 0 Å². The van der Waals surface area contributed by atoms with Gasteiger partial charge in [0.15, 0.2) is 12.4 Å². The lowest BCUT2D eigenvalue weighted by molar-refractivity contribution is -0.118. The van der Waals surface area contributed by atoms with Crippen LogP contribution in [0.15, 0.2) is 82.3 Å². The van der Waals surface area contributed by atoms with Gasteiger partial charge in [-0.15, -0.1) is 0 Å². The Morgan fingerprint density at radius 2 is 1.75 bits per heavy atom. The predicted octanol–water partition coefficient (Wildman–Crippen LogP) is 3.27. The molecule has 0 bridgehead atoms. The van der Waals surface area contributed by atoms with E-state index >= 15 is 0 Å². The Bertz CT molecular complexity index is 1170. The van der Waals surface area contributed by atoms with E-state index in [9.17, 15) is 9.59 Å². The van der Waals surface area contributed by atoms with E-state index in [2.05, 4.69) is 15.3 Å². The summed E-state index contributed by atoms with van der Waals surface area (Å²) in [7, 11) is 0. The average molecular weight is 373 g/mol. The Hall–Kier alpha value is -4.00. The van der Waals surface area contributed by atoms with Gasteiger partial charge >= 0.3 is 5.63 Å². The molecule has 28 heavy (non-hydrogen) atoms. The van der Waals surface area contributed by atoms with Crippen molar-refractivity contribution in [2.24, 2.45) is 0 Å². The minimum Gasteiger partial charge on any atom is -0.484 e. The molecule has 0 saturated heterocycles. The van der Waals surface area contributed by atoms with Crippen molar-refractivity contribution in [1.82, 2.24) is 9.97 Å². The van der Waals surface area contributed by atoms with Crippen LogP contribution in [0.3, 0.4) is 0 Å². The quantitative estimate of drug-likeness (QED) is 0.540. The van der Waals surface area contributed by atoms with Crippen molar-refractivity contribution in [3.8, 4) is 17.1 Å². The van der Waals surface area contributed by atoms with Gasteiger partial charge in [-0.3, -0.25) is 4.79 Å². The number of rotatable bonds is 5. The van der Waals surface area contributed by atoms with E-state index in [0.717, 1.165) is 10.9 Å². The van der Waals surface area contributed by atoms with E-state index in [0.29, 0.717) is 22.8 Å². The highest BCUT2D eigenvalue weighted by Crippen LogP contribution is 2.19. The second-order valence-electron chi connectivity index (χ2n) is 5.95. The largest absolute Gasteiger partial charge is 0.484 e. The molecule has 7 nitrogen and oxygen atoms in total. The molecule has 0 radical (unpaired) electrons. The second-order valence-corrected chi connectivity index (χ2v) is 5.95. The van der Waals surface area contributed by atoms with Crippen molar-refractivity contribution in [3.63, 3.8) is 0 Å². The lowest BCUT2D eigenvalue weighted by Gasteiger charge is -2.08. The number of carbonyl (C=O) groups is 1. The summed E-state index contributed by atoms with van der Waals surface area (Å²) in [5.41, 5.74) is 1.32. The first-order valence-electron chi connectivity index (χ1n) is 8.51. The molecule has 2 heterocycles. The number of anilines is 1. The van der Waals surface area contributed by atoms with Gasteiger partial charge in [0.2, 0.25) is 0 Å². The second kappa shape index (κ2) is 7.71. The molecule has 0 aliphatic rings. The molecule has 4 rings (SSSR count). The van der Waals surface area contributed by atoms with Crippen LogP contribution in [0, 0.1) is 0 Å². The maximum Gasteiger partial charge on any atom is 0.336 e. The lowest BCUT2D eigenvalue weighted by Crippen LogP contribution is -2.20. The fourth-order valence-electron chi connectivity index (χ4n) is 2.61. The van der Waals surface area contributed by atoms with Crippen LogP contribution in [-0.2, 0) is 4.79 Å². The first kappa shape index (κ1) is 17.4. The molecule has 4 aromatic rings. The van der Waals surface area contributed by atoms with E-state index < -0.39 is 5.63 Å². The smallest absolute Gasteiger partial charge is 0.336 e. The summed E-state index contributed by atoms with van der Waals surface area (Å²) < 4.78 is 10.6. The summed E-state index contributed by atoms with van der Waals surface area (Å²) in [6, 6.07) is 17.6. The minimum absolute atomic E-state index is 0.205. The number of aromatic nitrogens is 2. The van der Waals surface area contributed by atoms with Crippen LogP contribution in [0.2, 0.25) is 0 Å². The summed E-state index contributed by atoms with van der Waals surface area (Å²) in [5.74, 6) is 0.644. The topological polar surface area (TPSA) is 94.3 Å². The van der Waals surface area contributed by atoms with Crippen LogP contribution >= 0.6 is 0 Å². The number of fused-ring (bicyclic) bond motifs is 1. The van der Waals surface area contributed by atoms with E-state index in [-0.39, 0.29) is 12.5 Å². The van der Waals surface area contributed by atoms with Gasteiger partial charge in [-0.25, -0.2) is 14.8 Å². The third kappa shape index (κ3) is 4.04. The molecular formula is C21H15N3O4. The van der Waals surface area contributed by atoms with Gasteiger partial charge in [-0.1, -0.05) is 30.3 Å². The minimum atomic E-state index is -0.443. The third-order valence-electron chi connectivity index (χ3n) is 3.93. The van der Waals surface area contributed by atoms with E-state index in [1.54, 1.807) is 24.3 Å². The monoisotopic (exact) mass is 373 g/mol. The Morgan fingerprint density at radius 1 is 1.00 bits per heavy atom. The lowest BCUT2D eigenvalue weighted by atomic mass is 10.2. The Balaban J connectivity index is 1.37. The van der Waals surface area contributed by atoms with Crippen LogP contribution in [0.4, 0.5) is 5.69 Å². The van der Waals surface area contributed by atoms with E-state index in [4.69, 9.17) is 9.15 Å². The molecular weight excluding hydrogens is 358 g/mol. The number of nitrogens with zero attached hydrogens (tertiary/aromatic N) is 2. The molecule has 0 atom stereocenters. The first-order valence-corrected chi connectivity index (χ1v) is 8.51. The summed E-state index contributed by atoms with van der Waals surface area (Å²) in [4.78, 5) is 31.9. The highest BCUT2D eigenvalue weighted by atomic mass is 16.5. The molecule has 138 valence electrons. The zero-order valence-corrected chi connectivity index (χ0v) is 14.7. The molecule has 0 aliphatic carbocycles. The van der Waals surface area contributed by atoms with Gasteiger partial charge in [0.1, 0.15) is 11.3 Å². The molecule has 0 spiro atoms. The Morgan fingerprint density at radius 3 is 2.54 bits per heavy atom. The van der Waals surface area contributed by atoms with Gasteiger partial charge in [0.25, 0.3) is 5.91 Å². The number of hydrogen-bond acceptors (Lipinski definition) is 6. The molecule has 0 saturated carbocycles. The number of ether oxygens (including phenoxy) is 1. The molecule has 0 fully saturated rings. The van der Waals surface area contributed by atoms with Crippen LogP contribution in [-0.4, -0.2) is 22.5 Å². The SMILES string of the molecule is O=C(COc1ccc2ccc(=O)oc2c1)Nc1cnc(-c2ccccc2)nc1. The number of amides is 1. The van der Waals surface area contributed by atoms with Gasteiger partial charge in [0.05, 0.1) is 18.1 Å². The highest BCUT2D eigenvalue weighted by Gasteiger charge is 2.07. The van der Waals surface area contributed by atoms with Gasteiger partial charge < -0.3 is 14.5 Å². The van der Waals surface area contributed by atoms with Crippen LogP contribution in [0.25, 0.3) is 22.4 Å². The molecule has 2 aromatic heterocycles. The Kier molecular flexibility index (Phi) is 4.79. The standard InChI is InChI=1S/C21H15N3O4/c25-19(13-27-17-8-6-14-7-9-20(26)28-18(14)10-17)24-16-11-22-21(23-12-16)15-4-2-1-3-5-15/h1-12H,13H2,(H,24,25). The maximum absolute atomic E-state index is 12.1. The van der Waals surface area contributed by atoms with Crippen molar-refractivity contribution in [3.05, 3.63) is 83.5 Å². The zero-order chi connectivity index (χ0) is 19.3. The van der Waals surface area contributed by atoms with Crippen LogP contribution in [0.5, 0.6) is 5.75 Å². The number of carbonyl (C=O) groups excluding carboxylic acids is 1. The normalized spacial score (nSPS) is 10.6. The summed E-state index contributed by atoms with van der Waals surface area (Å²) in [6.45, 7) is -0.205. The maximum atomic E-state index is 12.1. The number of nitrogens with one attached hydrogen (secondary N) is 1. The Labute approximate surface area is 159 Å². The van der Waals surface area contributed by atoms with Gasteiger partial charge in [0, 0.05) is 23.1 Å². The summed E-state index contributed by atoms with van der Waals surface area (Å²) in [6.07, 6.45) is 3.08. The zero-order valence-electron chi connectivity index (χ0n) is 14.7. The van der Waals surface area contributed by atoms with Gasteiger partial charge in [-0.2, -0.15) is 0 Å². The van der Waals surface area contributed by atoms with Crippen molar-refractivity contribution >= 4 is 22.6 Å². The van der Waals surface area contributed by atoms with E-state index in [1.165, 1.54) is 18.5 Å². The molecule has 1 amide bonds. The van der Waals surface area contributed by atoms with E-state index in [1.807, 2.05) is 30.3 Å². The molecule has 1 N–H and O–H groups in total. The predicted molar refractivity (Wildman–Crippen MR) is 104 cm³/mol. The van der Waals surface area contributed by atoms with Crippen molar-refractivity contribution in [2.75, 3.05) is 11.9 Å². The summed E-state index contributed by atoms with van der Waals surface area (Å²) >= 11 is 0. The average Bonchev–Trinajstić information content (AvgIpc) is 2.73. The molecule has 0 unspecified atom stereocenters. The number of hydrogen-bond donors (Lipinski definition) is 1. The molecule has 7 heteroatoms. The molecule has 2 aromatic carbocycles. The summed E-state index contributed by atoms with van der Waals surface area (Å²) in [5, 5.41) is 3.45. The van der Waals surface area contributed by atoms with Crippen LogP contribution < -0.4 is 15.7 Å². The fraction of sp³-hybridized carbons (Fsp3) is 0.0476. The molecule has 0 aliphatic heterocycles. The number of benzene rings is 2. The van der Waals surface area contributed by atoms with Crippen molar-refractivity contribution in [1.29, 1.82) is 0 Å².